The van der Waals surface area contributed by atoms with Gasteiger partial charge in [0.05, 0.1) is 5.60 Å². The summed E-state index contributed by atoms with van der Waals surface area (Å²) in [5, 5.41) is 13.8. The molecule has 18 heavy (non-hydrogen) atoms. The second-order valence-electron chi connectivity index (χ2n) is 5.13. The molecule has 0 bridgehead atoms. The molecule has 0 aromatic carbocycles. The van der Waals surface area contributed by atoms with Gasteiger partial charge in [0.2, 0.25) is 5.95 Å². The second-order valence-corrected chi connectivity index (χ2v) is 5.51. The molecule has 0 spiro atoms. The first-order chi connectivity index (χ1) is 8.47. The summed E-state index contributed by atoms with van der Waals surface area (Å²) in [6.45, 7) is 2.30. The highest BCUT2D eigenvalue weighted by atomic mass is 35.5. The first-order valence-electron chi connectivity index (χ1n) is 6.24. The zero-order valence-corrected chi connectivity index (χ0v) is 11.2. The van der Waals surface area contributed by atoms with E-state index in [1.165, 1.54) is 12.8 Å². The SMILES string of the molecule is C[C@](O)(CNc1cc(Cl)nc(N)n1)C1CCCC1. The minimum atomic E-state index is -0.733. The smallest absolute Gasteiger partial charge is 0.223 e. The third-order valence-corrected chi connectivity index (χ3v) is 3.77. The molecule has 1 atom stereocenters. The Morgan fingerprint density at radius 1 is 1.50 bits per heavy atom. The third kappa shape index (κ3) is 3.23. The van der Waals surface area contributed by atoms with Crippen LogP contribution in [0, 0.1) is 5.92 Å². The van der Waals surface area contributed by atoms with E-state index in [1.54, 1.807) is 6.07 Å². The Balaban J connectivity index is 1.97. The average Bonchev–Trinajstić information content (AvgIpc) is 2.79. The van der Waals surface area contributed by atoms with Crippen molar-refractivity contribution in [2.45, 2.75) is 38.2 Å². The van der Waals surface area contributed by atoms with Crippen LogP contribution < -0.4 is 11.1 Å². The number of nitrogens with one attached hydrogen (secondary N) is 1. The molecular formula is C12H19ClN4O. The van der Waals surface area contributed by atoms with E-state index >= 15 is 0 Å². The van der Waals surface area contributed by atoms with Gasteiger partial charge < -0.3 is 16.2 Å². The Labute approximate surface area is 112 Å². The lowest BCUT2D eigenvalue weighted by molar-refractivity contribution is 0.0142. The summed E-state index contributed by atoms with van der Waals surface area (Å²) in [7, 11) is 0. The highest BCUT2D eigenvalue weighted by molar-refractivity contribution is 6.29. The van der Waals surface area contributed by atoms with E-state index in [4.69, 9.17) is 17.3 Å². The predicted molar refractivity (Wildman–Crippen MR) is 72.5 cm³/mol. The van der Waals surface area contributed by atoms with Gasteiger partial charge >= 0.3 is 0 Å². The maximum Gasteiger partial charge on any atom is 0.223 e. The molecule has 1 saturated carbocycles. The van der Waals surface area contributed by atoms with Crippen LogP contribution in [-0.2, 0) is 0 Å². The Bertz CT molecular complexity index is 398. The maximum atomic E-state index is 10.4. The van der Waals surface area contributed by atoms with Gasteiger partial charge in [-0.2, -0.15) is 4.98 Å². The van der Waals surface area contributed by atoms with Crippen molar-refractivity contribution in [3.63, 3.8) is 0 Å². The van der Waals surface area contributed by atoms with E-state index in [1.807, 2.05) is 6.92 Å². The third-order valence-electron chi connectivity index (χ3n) is 3.57. The van der Waals surface area contributed by atoms with Crippen LogP contribution in [0.15, 0.2) is 6.07 Å². The first kappa shape index (κ1) is 13.4. The molecule has 5 nitrogen and oxygen atoms in total. The zero-order chi connectivity index (χ0) is 13.2. The molecule has 1 aliphatic rings. The number of hydrogen-bond acceptors (Lipinski definition) is 5. The Morgan fingerprint density at radius 3 is 2.78 bits per heavy atom. The molecule has 0 saturated heterocycles. The van der Waals surface area contributed by atoms with Gasteiger partial charge in [-0.15, -0.1) is 0 Å². The lowest BCUT2D eigenvalue weighted by atomic mass is 9.88. The van der Waals surface area contributed by atoms with Gasteiger partial charge in [0.25, 0.3) is 0 Å². The van der Waals surface area contributed by atoms with Crippen LogP contribution >= 0.6 is 11.6 Å². The number of nitrogens with zero attached hydrogens (tertiary/aromatic N) is 2. The average molecular weight is 271 g/mol. The van der Waals surface area contributed by atoms with Crippen molar-refractivity contribution in [3.05, 3.63) is 11.2 Å². The highest BCUT2D eigenvalue weighted by Crippen LogP contribution is 2.34. The van der Waals surface area contributed by atoms with Crippen LogP contribution in [0.2, 0.25) is 5.15 Å². The predicted octanol–water partition coefficient (Wildman–Crippen LogP) is 2.07. The Morgan fingerprint density at radius 2 is 2.17 bits per heavy atom. The number of hydrogen-bond donors (Lipinski definition) is 3. The van der Waals surface area contributed by atoms with Crippen molar-refractivity contribution >= 4 is 23.4 Å². The summed E-state index contributed by atoms with van der Waals surface area (Å²) < 4.78 is 0. The van der Waals surface area contributed by atoms with Crippen LogP contribution in [0.25, 0.3) is 0 Å². The molecule has 100 valence electrons. The second kappa shape index (κ2) is 5.28. The van der Waals surface area contributed by atoms with Gasteiger partial charge in [-0.05, 0) is 25.7 Å². The summed E-state index contributed by atoms with van der Waals surface area (Å²) in [6, 6.07) is 1.60. The lowest BCUT2D eigenvalue weighted by Gasteiger charge is -2.30. The summed E-state index contributed by atoms with van der Waals surface area (Å²) in [5.74, 6) is 1.02. The minimum absolute atomic E-state index is 0.130. The van der Waals surface area contributed by atoms with Crippen molar-refractivity contribution in [1.82, 2.24) is 9.97 Å². The van der Waals surface area contributed by atoms with Crippen molar-refractivity contribution in [2.24, 2.45) is 5.92 Å². The van der Waals surface area contributed by atoms with E-state index in [0.29, 0.717) is 23.4 Å². The lowest BCUT2D eigenvalue weighted by Crippen LogP contribution is -2.40. The number of anilines is 2. The maximum absolute atomic E-state index is 10.4. The largest absolute Gasteiger partial charge is 0.388 e. The normalized spacial score (nSPS) is 19.7. The molecule has 6 heteroatoms. The fraction of sp³-hybridized carbons (Fsp3) is 0.667. The number of halogens is 1. The molecule has 1 aliphatic carbocycles. The van der Waals surface area contributed by atoms with Gasteiger partial charge in [-0.25, -0.2) is 4.98 Å². The van der Waals surface area contributed by atoms with E-state index in [2.05, 4.69) is 15.3 Å². The van der Waals surface area contributed by atoms with Crippen LogP contribution in [0.4, 0.5) is 11.8 Å². The fourth-order valence-electron chi connectivity index (χ4n) is 2.49. The Kier molecular flexibility index (Phi) is 3.92. The Hall–Kier alpha value is -1.07. The molecule has 4 N–H and O–H groups in total. The van der Waals surface area contributed by atoms with E-state index < -0.39 is 5.60 Å². The number of nitrogen functional groups attached to an aromatic ring is 1. The van der Waals surface area contributed by atoms with Crippen LogP contribution in [0.3, 0.4) is 0 Å². The zero-order valence-electron chi connectivity index (χ0n) is 10.5. The van der Waals surface area contributed by atoms with E-state index in [-0.39, 0.29) is 5.95 Å². The molecule has 1 heterocycles. The number of aliphatic hydroxyl groups is 1. The molecule has 1 aromatic rings. The monoisotopic (exact) mass is 270 g/mol. The van der Waals surface area contributed by atoms with Crippen LogP contribution in [0.1, 0.15) is 32.6 Å². The number of nitrogens with two attached hydrogens (primary N) is 1. The topological polar surface area (TPSA) is 84.1 Å². The molecule has 2 rings (SSSR count). The van der Waals surface area contributed by atoms with Gasteiger partial charge in [0.1, 0.15) is 11.0 Å². The summed E-state index contributed by atoms with van der Waals surface area (Å²) in [6.07, 6.45) is 4.57. The van der Waals surface area contributed by atoms with Crippen molar-refractivity contribution in [2.75, 3.05) is 17.6 Å². The molecule has 0 aliphatic heterocycles. The summed E-state index contributed by atoms with van der Waals surface area (Å²) >= 11 is 5.79. The molecular weight excluding hydrogens is 252 g/mol. The molecule has 1 fully saturated rings. The van der Waals surface area contributed by atoms with Crippen molar-refractivity contribution in [1.29, 1.82) is 0 Å². The summed E-state index contributed by atoms with van der Waals surface area (Å²) in [5.41, 5.74) is 4.78. The highest BCUT2D eigenvalue weighted by Gasteiger charge is 2.33. The van der Waals surface area contributed by atoms with E-state index in [0.717, 1.165) is 12.8 Å². The number of rotatable bonds is 4. The van der Waals surface area contributed by atoms with Crippen LogP contribution in [-0.4, -0.2) is 27.2 Å². The molecule has 1 aromatic heterocycles. The molecule has 0 unspecified atom stereocenters. The molecule has 0 amide bonds. The summed E-state index contributed by atoms with van der Waals surface area (Å²) in [4.78, 5) is 7.81. The van der Waals surface area contributed by atoms with Gasteiger partial charge in [-0.3, -0.25) is 0 Å². The van der Waals surface area contributed by atoms with Gasteiger partial charge in [0, 0.05) is 12.6 Å². The van der Waals surface area contributed by atoms with Gasteiger partial charge in [-0.1, -0.05) is 24.4 Å². The minimum Gasteiger partial charge on any atom is -0.388 e. The van der Waals surface area contributed by atoms with Gasteiger partial charge in [0.15, 0.2) is 0 Å². The van der Waals surface area contributed by atoms with Crippen LogP contribution in [0.5, 0.6) is 0 Å². The van der Waals surface area contributed by atoms with E-state index in [9.17, 15) is 5.11 Å². The quantitative estimate of drug-likeness (QED) is 0.730. The first-order valence-corrected chi connectivity index (χ1v) is 6.61. The fourth-order valence-corrected chi connectivity index (χ4v) is 2.68. The standard InChI is InChI=1S/C12H19ClN4O/c1-12(18,8-4-2-3-5-8)7-15-10-6-9(13)16-11(14)17-10/h6,8,18H,2-5,7H2,1H3,(H3,14,15,16,17)/t12-/m0/s1. The van der Waals surface area contributed by atoms with Crippen molar-refractivity contribution < 1.29 is 5.11 Å². The molecule has 0 radical (unpaired) electrons. The number of aromatic nitrogens is 2. The van der Waals surface area contributed by atoms with Crippen molar-refractivity contribution in [3.8, 4) is 0 Å².